The zero-order valence-electron chi connectivity index (χ0n) is 15.5. The normalized spacial score (nSPS) is 11.3. The van der Waals surface area contributed by atoms with Crippen molar-refractivity contribution in [2.75, 3.05) is 53.9 Å². The lowest BCUT2D eigenvalue weighted by atomic mass is 10.1. The van der Waals surface area contributed by atoms with E-state index in [1.165, 1.54) is 13.0 Å². The molecule has 1 aromatic carbocycles. The van der Waals surface area contributed by atoms with Crippen LogP contribution in [0.5, 0.6) is 5.75 Å². The van der Waals surface area contributed by atoms with Crippen molar-refractivity contribution in [1.82, 2.24) is 0 Å². The Labute approximate surface area is 153 Å². The number of esters is 1. The fourth-order valence-corrected chi connectivity index (χ4v) is 1.91. The van der Waals surface area contributed by atoms with Gasteiger partial charge in [0.1, 0.15) is 17.9 Å². The van der Waals surface area contributed by atoms with Crippen LogP contribution < -0.4 is 4.74 Å². The number of hydrogen-bond donors (Lipinski definition) is 0. The van der Waals surface area contributed by atoms with Gasteiger partial charge < -0.3 is 23.7 Å². The van der Waals surface area contributed by atoms with Crippen LogP contribution in [0.15, 0.2) is 29.8 Å². The largest absolute Gasteiger partial charge is 0.497 e. The molecule has 0 aliphatic heterocycles. The van der Waals surface area contributed by atoms with Crippen molar-refractivity contribution in [3.8, 4) is 5.75 Å². The fraction of sp³-hybridized carbons (Fsp3) is 0.474. The molecule has 1 rings (SSSR count). The predicted octanol–water partition coefficient (Wildman–Crippen LogP) is 1.89. The minimum absolute atomic E-state index is 0.0157. The molecule has 0 aliphatic carbocycles. The minimum Gasteiger partial charge on any atom is -0.497 e. The van der Waals surface area contributed by atoms with Crippen LogP contribution in [0.3, 0.4) is 0 Å². The van der Waals surface area contributed by atoms with Gasteiger partial charge in [0, 0.05) is 7.11 Å². The molecule has 0 aliphatic rings. The van der Waals surface area contributed by atoms with Gasteiger partial charge in [-0.2, -0.15) is 0 Å². The van der Waals surface area contributed by atoms with Crippen LogP contribution in [0.4, 0.5) is 0 Å². The molecule has 7 nitrogen and oxygen atoms in total. The Bertz CT molecular complexity index is 578. The smallest absolute Gasteiger partial charge is 0.341 e. The van der Waals surface area contributed by atoms with Gasteiger partial charge in [0.15, 0.2) is 5.78 Å². The highest BCUT2D eigenvalue weighted by Crippen LogP contribution is 2.15. The lowest BCUT2D eigenvalue weighted by molar-refractivity contribution is -0.141. The molecule has 144 valence electrons. The lowest BCUT2D eigenvalue weighted by Crippen LogP contribution is -2.17. The van der Waals surface area contributed by atoms with Gasteiger partial charge in [-0.05, 0) is 30.7 Å². The molecule has 0 N–H and O–H groups in total. The number of ether oxygens (including phenoxy) is 5. The molecule has 0 bridgehead atoms. The quantitative estimate of drug-likeness (QED) is 0.173. The summed E-state index contributed by atoms with van der Waals surface area (Å²) < 4.78 is 25.5. The van der Waals surface area contributed by atoms with E-state index in [9.17, 15) is 9.59 Å². The lowest BCUT2D eigenvalue weighted by Gasteiger charge is -2.08. The van der Waals surface area contributed by atoms with E-state index in [1.807, 2.05) is 0 Å². The van der Waals surface area contributed by atoms with Gasteiger partial charge in [-0.15, -0.1) is 0 Å². The molecule has 0 unspecified atom stereocenters. The Morgan fingerprint density at radius 3 is 2.00 bits per heavy atom. The van der Waals surface area contributed by atoms with Crippen molar-refractivity contribution in [3.63, 3.8) is 0 Å². The van der Waals surface area contributed by atoms with Crippen molar-refractivity contribution >= 4 is 17.8 Å². The van der Waals surface area contributed by atoms with Gasteiger partial charge in [-0.1, -0.05) is 12.1 Å². The second-order valence-electron chi connectivity index (χ2n) is 5.24. The maximum Gasteiger partial charge on any atom is 0.341 e. The molecular weight excluding hydrogens is 340 g/mol. The van der Waals surface area contributed by atoms with Crippen molar-refractivity contribution < 1.29 is 33.3 Å². The summed E-state index contributed by atoms with van der Waals surface area (Å²) in [5.41, 5.74) is 0.690. The summed E-state index contributed by atoms with van der Waals surface area (Å²) in [5, 5.41) is 0. The second kappa shape index (κ2) is 13.0. The van der Waals surface area contributed by atoms with E-state index in [2.05, 4.69) is 0 Å². The van der Waals surface area contributed by atoms with Crippen LogP contribution in [-0.2, 0) is 28.5 Å². The number of benzene rings is 1. The van der Waals surface area contributed by atoms with Crippen LogP contribution in [0.2, 0.25) is 0 Å². The first kappa shape index (κ1) is 21.8. The average molecular weight is 366 g/mol. The predicted molar refractivity (Wildman–Crippen MR) is 96.1 cm³/mol. The van der Waals surface area contributed by atoms with Crippen LogP contribution in [0, 0.1) is 0 Å². The highest BCUT2D eigenvalue weighted by Gasteiger charge is 2.16. The van der Waals surface area contributed by atoms with E-state index in [1.54, 1.807) is 38.5 Å². The van der Waals surface area contributed by atoms with Gasteiger partial charge >= 0.3 is 5.97 Å². The third-order valence-electron chi connectivity index (χ3n) is 3.29. The molecule has 0 spiro atoms. The number of Topliss-reactive ketones (excluding diaryl/α,β-unsaturated/α-hetero) is 1. The van der Waals surface area contributed by atoms with Gasteiger partial charge in [0.2, 0.25) is 0 Å². The van der Waals surface area contributed by atoms with Gasteiger partial charge in [-0.25, -0.2) is 4.79 Å². The molecule has 0 fully saturated rings. The monoisotopic (exact) mass is 366 g/mol. The van der Waals surface area contributed by atoms with Gasteiger partial charge in [-0.3, -0.25) is 4.79 Å². The molecule has 0 saturated carbocycles. The molecule has 0 radical (unpaired) electrons. The maximum atomic E-state index is 12.1. The van der Waals surface area contributed by atoms with E-state index in [4.69, 9.17) is 23.7 Å². The second-order valence-corrected chi connectivity index (χ2v) is 5.24. The molecule has 1 aromatic rings. The van der Waals surface area contributed by atoms with E-state index >= 15 is 0 Å². The molecule has 0 aromatic heterocycles. The zero-order valence-corrected chi connectivity index (χ0v) is 15.5. The molecule has 0 saturated heterocycles. The standard InChI is InChI=1S/C19H26O7/c1-15(20)18(14-16-4-6-17(23-3)7-5-16)19(21)26-13-12-25-11-10-24-9-8-22-2/h4-7,14H,8-13H2,1-3H3/b18-14-. The minimum atomic E-state index is -0.673. The molecule has 0 atom stereocenters. The average Bonchev–Trinajstić information content (AvgIpc) is 2.64. The first-order valence-corrected chi connectivity index (χ1v) is 8.26. The van der Waals surface area contributed by atoms with Crippen LogP contribution >= 0.6 is 0 Å². The first-order chi connectivity index (χ1) is 12.6. The zero-order chi connectivity index (χ0) is 19.2. The summed E-state index contributed by atoms with van der Waals surface area (Å²) in [6.45, 7) is 3.48. The van der Waals surface area contributed by atoms with E-state index < -0.39 is 5.97 Å². The Kier molecular flexibility index (Phi) is 10.9. The van der Waals surface area contributed by atoms with Crippen molar-refractivity contribution in [1.29, 1.82) is 0 Å². The Balaban J connectivity index is 2.39. The number of ketones is 1. The first-order valence-electron chi connectivity index (χ1n) is 8.26. The molecule has 26 heavy (non-hydrogen) atoms. The number of carbonyl (C=O) groups excluding carboxylic acids is 2. The number of rotatable bonds is 13. The molecular formula is C19H26O7. The van der Waals surface area contributed by atoms with Crippen molar-refractivity contribution in [2.45, 2.75) is 6.92 Å². The summed E-state index contributed by atoms with van der Waals surface area (Å²) in [7, 11) is 3.17. The van der Waals surface area contributed by atoms with Crippen LogP contribution in [0.1, 0.15) is 12.5 Å². The van der Waals surface area contributed by atoms with E-state index in [0.29, 0.717) is 37.7 Å². The summed E-state index contributed by atoms with van der Waals surface area (Å²) in [6.07, 6.45) is 1.49. The summed E-state index contributed by atoms with van der Waals surface area (Å²) in [5.74, 6) is -0.344. The molecule has 7 heteroatoms. The maximum absolute atomic E-state index is 12.1. The Morgan fingerprint density at radius 1 is 0.885 bits per heavy atom. The van der Waals surface area contributed by atoms with Crippen molar-refractivity contribution in [3.05, 3.63) is 35.4 Å². The summed E-state index contributed by atoms with van der Waals surface area (Å²) in [6, 6.07) is 7.00. The SMILES string of the molecule is COCCOCCOCCOC(=O)/C(=C\c1ccc(OC)cc1)C(C)=O. The Morgan fingerprint density at radius 2 is 1.46 bits per heavy atom. The number of methoxy groups -OCH3 is 2. The number of carbonyl (C=O) groups is 2. The van der Waals surface area contributed by atoms with Gasteiger partial charge in [0.05, 0.1) is 40.1 Å². The van der Waals surface area contributed by atoms with Crippen LogP contribution in [-0.4, -0.2) is 65.6 Å². The van der Waals surface area contributed by atoms with Crippen molar-refractivity contribution in [2.24, 2.45) is 0 Å². The highest BCUT2D eigenvalue weighted by molar-refractivity contribution is 6.19. The molecule has 0 amide bonds. The fourth-order valence-electron chi connectivity index (χ4n) is 1.91. The Hall–Kier alpha value is -2.22. The molecule has 0 heterocycles. The summed E-state index contributed by atoms with van der Waals surface area (Å²) in [4.78, 5) is 23.8. The highest BCUT2D eigenvalue weighted by atomic mass is 16.6. The van der Waals surface area contributed by atoms with Gasteiger partial charge in [0.25, 0.3) is 0 Å². The van der Waals surface area contributed by atoms with E-state index in [-0.39, 0.29) is 24.6 Å². The van der Waals surface area contributed by atoms with E-state index in [0.717, 1.165) is 0 Å². The third kappa shape index (κ3) is 8.75. The summed E-state index contributed by atoms with van der Waals surface area (Å²) >= 11 is 0. The third-order valence-corrected chi connectivity index (χ3v) is 3.29. The van der Waals surface area contributed by atoms with Crippen LogP contribution in [0.25, 0.3) is 6.08 Å². The topological polar surface area (TPSA) is 80.3 Å². The number of hydrogen-bond acceptors (Lipinski definition) is 7.